The topological polar surface area (TPSA) is 87.0 Å². The number of halogens is 1. The molecule has 1 amide bonds. The molecular weight excluding hydrogens is 414 g/mol. The van der Waals surface area contributed by atoms with Crippen LogP contribution in [0.1, 0.15) is 59.3 Å². The molecule has 0 aliphatic carbocycles. The Bertz CT molecular complexity index is 704. The van der Waals surface area contributed by atoms with Crippen LogP contribution in [-0.2, 0) is 4.79 Å². The van der Waals surface area contributed by atoms with E-state index in [0.717, 1.165) is 35.9 Å². The van der Waals surface area contributed by atoms with Crippen molar-refractivity contribution in [3.63, 3.8) is 0 Å². The molecule has 172 valence electrons. The highest BCUT2D eigenvalue weighted by atomic mass is 35.5. The zero-order chi connectivity index (χ0) is 23.5. The molecule has 0 aromatic rings. The fourth-order valence-corrected chi connectivity index (χ4v) is 2.81. The van der Waals surface area contributed by atoms with Crippen LogP contribution in [0.5, 0.6) is 0 Å². The fraction of sp³-hybridized carbons (Fsp3) is 0.480. The van der Waals surface area contributed by atoms with Crippen molar-refractivity contribution >= 4 is 17.5 Å². The summed E-state index contributed by atoms with van der Waals surface area (Å²) in [6, 6.07) is 0. The average Bonchev–Trinajstić information content (AvgIpc) is 2.75. The van der Waals surface area contributed by atoms with E-state index < -0.39 is 12.0 Å². The second kappa shape index (κ2) is 18.7. The molecule has 0 saturated carbocycles. The third-order valence-corrected chi connectivity index (χ3v) is 5.06. The molecule has 0 aromatic carbocycles. The van der Waals surface area contributed by atoms with Gasteiger partial charge in [0.1, 0.15) is 0 Å². The van der Waals surface area contributed by atoms with Gasteiger partial charge in [-0.25, -0.2) is 0 Å². The maximum Gasteiger partial charge on any atom is 0.309 e. The van der Waals surface area contributed by atoms with E-state index in [-0.39, 0.29) is 12.0 Å². The standard InChI is InChI=1S/C25H36ClNO4/c1-4-5-13-22(28)14-10-15-23(29)19-18-21(3)24(26)16-8-6-11-20(2)12-7-9-17-25(30)27-31/h5-9,11-13,16-17,21-23,28-29H,4,10,14-15,18-19H2,1-3H3/b8-6+,12-7+,13-5+,17-9+,20-11+,24-16-/t21-,22+,23+/m0/s1. The molecule has 0 fully saturated rings. The van der Waals surface area contributed by atoms with Gasteiger partial charge in [-0.2, -0.15) is 0 Å². The van der Waals surface area contributed by atoms with Crippen molar-refractivity contribution in [3.05, 3.63) is 76.3 Å². The molecule has 0 radical (unpaired) electrons. The number of carbonyl (C=O) groups excluding carboxylic acids is 1. The number of aliphatic hydroxyl groups is 2. The largest absolute Gasteiger partial charge is 0.393 e. The van der Waals surface area contributed by atoms with Crippen molar-refractivity contribution in [2.75, 3.05) is 0 Å². The smallest absolute Gasteiger partial charge is 0.309 e. The number of amides is 1. The van der Waals surface area contributed by atoms with Crippen molar-refractivity contribution in [1.29, 1.82) is 0 Å². The van der Waals surface area contributed by atoms with Gasteiger partial charge in [0.15, 0.2) is 0 Å². The monoisotopic (exact) mass is 449 g/mol. The van der Waals surface area contributed by atoms with Crippen LogP contribution in [0, 0.1) is 10.8 Å². The Balaban J connectivity index is 4.30. The molecule has 31 heavy (non-hydrogen) atoms. The van der Waals surface area contributed by atoms with Crippen LogP contribution in [0.4, 0.5) is 0 Å². The average molecular weight is 450 g/mol. The SMILES string of the molecule is CC/C=C/[C@@H](O)CCC[C@@H](O)CC[C@H](C)/C(Cl)=C/C=C/C=C(C)/C=C/C=C/C(=O)N=O. The first-order valence-corrected chi connectivity index (χ1v) is 11.1. The second-order valence-corrected chi connectivity index (χ2v) is 7.90. The van der Waals surface area contributed by atoms with Gasteiger partial charge in [-0.05, 0) is 57.4 Å². The Morgan fingerprint density at radius 2 is 1.68 bits per heavy atom. The van der Waals surface area contributed by atoms with E-state index in [4.69, 9.17) is 11.6 Å². The zero-order valence-electron chi connectivity index (χ0n) is 18.8. The van der Waals surface area contributed by atoms with Gasteiger partial charge in [-0.3, -0.25) is 4.79 Å². The maximum absolute atomic E-state index is 10.7. The molecule has 0 aliphatic heterocycles. The quantitative estimate of drug-likeness (QED) is 0.133. The molecule has 5 nitrogen and oxygen atoms in total. The Morgan fingerprint density at radius 1 is 1.00 bits per heavy atom. The molecule has 2 N–H and O–H groups in total. The summed E-state index contributed by atoms with van der Waals surface area (Å²) in [5.74, 6) is -0.663. The van der Waals surface area contributed by atoms with Gasteiger partial charge >= 0.3 is 5.91 Å². The molecule has 0 unspecified atom stereocenters. The normalized spacial score (nSPS) is 16.6. The van der Waals surface area contributed by atoms with Crippen LogP contribution >= 0.6 is 11.6 Å². The summed E-state index contributed by atoms with van der Waals surface area (Å²) in [5, 5.41) is 22.9. The number of hydrogen-bond acceptors (Lipinski definition) is 4. The first-order chi connectivity index (χ1) is 14.8. The predicted octanol–water partition coefficient (Wildman–Crippen LogP) is 6.29. The molecule has 0 bridgehead atoms. The molecule has 0 heterocycles. The molecule has 3 atom stereocenters. The fourth-order valence-electron chi connectivity index (χ4n) is 2.63. The lowest BCUT2D eigenvalue weighted by molar-refractivity contribution is -0.113. The summed E-state index contributed by atoms with van der Waals surface area (Å²) in [6.45, 7) is 5.97. The number of carbonyl (C=O) groups is 1. The minimum atomic E-state index is -0.814. The van der Waals surface area contributed by atoms with Crippen molar-refractivity contribution in [2.24, 2.45) is 11.1 Å². The molecule has 0 rings (SSSR count). The number of nitrogens with zero attached hydrogens (tertiary/aromatic N) is 1. The number of nitroso groups, excluding NO2 is 1. The molecule has 6 heteroatoms. The number of aliphatic hydroxyl groups excluding tert-OH is 2. The maximum atomic E-state index is 10.7. The highest BCUT2D eigenvalue weighted by Gasteiger charge is 2.11. The minimum Gasteiger partial charge on any atom is -0.393 e. The van der Waals surface area contributed by atoms with E-state index >= 15 is 0 Å². The Hall–Kier alpha value is -2.08. The van der Waals surface area contributed by atoms with Gasteiger partial charge in [0.2, 0.25) is 0 Å². The van der Waals surface area contributed by atoms with Gasteiger partial charge in [0.25, 0.3) is 0 Å². The summed E-state index contributed by atoms with van der Waals surface area (Å²) < 4.78 is 0. The molecule has 0 aromatic heterocycles. The summed E-state index contributed by atoms with van der Waals surface area (Å²) in [7, 11) is 0. The van der Waals surface area contributed by atoms with Gasteiger partial charge in [0.05, 0.1) is 12.2 Å². The van der Waals surface area contributed by atoms with Crippen molar-refractivity contribution in [3.8, 4) is 0 Å². The van der Waals surface area contributed by atoms with Gasteiger partial charge < -0.3 is 10.2 Å². The zero-order valence-corrected chi connectivity index (χ0v) is 19.5. The molecule has 0 aliphatic rings. The van der Waals surface area contributed by atoms with E-state index in [1.165, 1.54) is 6.08 Å². The van der Waals surface area contributed by atoms with Crippen LogP contribution in [0.25, 0.3) is 0 Å². The summed E-state index contributed by atoms with van der Waals surface area (Å²) in [5.41, 5.74) is 0.961. The van der Waals surface area contributed by atoms with Gasteiger partial charge in [-0.15, -0.1) is 4.91 Å². The van der Waals surface area contributed by atoms with Crippen LogP contribution in [-0.4, -0.2) is 28.3 Å². The van der Waals surface area contributed by atoms with Gasteiger partial charge in [-0.1, -0.05) is 79.6 Å². The first kappa shape index (κ1) is 28.9. The van der Waals surface area contributed by atoms with Crippen molar-refractivity contribution in [2.45, 2.75) is 71.5 Å². The van der Waals surface area contributed by atoms with Crippen molar-refractivity contribution in [1.82, 2.24) is 0 Å². The predicted molar refractivity (Wildman–Crippen MR) is 130 cm³/mol. The molecule has 0 saturated heterocycles. The number of rotatable bonds is 15. The third-order valence-electron chi connectivity index (χ3n) is 4.56. The van der Waals surface area contributed by atoms with E-state index in [1.54, 1.807) is 12.2 Å². The van der Waals surface area contributed by atoms with E-state index in [9.17, 15) is 19.9 Å². The summed E-state index contributed by atoms with van der Waals surface area (Å²) in [4.78, 5) is 20.6. The van der Waals surface area contributed by atoms with Gasteiger partial charge in [0, 0.05) is 16.3 Å². The van der Waals surface area contributed by atoms with Crippen LogP contribution in [0.15, 0.2) is 76.5 Å². The second-order valence-electron chi connectivity index (χ2n) is 7.46. The molecular formula is C25H36ClNO4. The highest BCUT2D eigenvalue weighted by Crippen LogP contribution is 2.22. The Labute approximate surface area is 191 Å². The van der Waals surface area contributed by atoms with Crippen LogP contribution in [0.3, 0.4) is 0 Å². The third kappa shape index (κ3) is 17.3. The minimum absolute atomic E-state index is 0.151. The lowest BCUT2D eigenvalue weighted by atomic mass is 9.98. The number of hydrogen-bond donors (Lipinski definition) is 2. The van der Waals surface area contributed by atoms with Crippen LogP contribution < -0.4 is 0 Å². The Morgan fingerprint density at radius 3 is 2.35 bits per heavy atom. The Kier molecular flexibility index (Phi) is 17.4. The van der Waals surface area contributed by atoms with Crippen LogP contribution in [0.2, 0.25) is 0 Å². The van der Waals surface area contributed by atoms with E-state index in [1.807, 2.05) is 57.2 Å². The van der Waals surface area contributed by atoms with E-state index in [2.05, 4.69) is 5.18 Å². The summed E-state index contributed by atoms with van der Waals surface area (Å²) >= 11 is 6.35. The lowest BCUT2D eigenvalue weighted by Crippen LogP contribution is -2.10. The number of allylic oxidation sites excluding steroid dienone is 10. The summed E-state index contributed by atoms with van der Waals surface area (Å²) in [6.07, 6.45) is 20.9. The van der Waals surface area contributed by atoms with E-state index in [0.29, 0.717) is 19.3 Å². The van der Waals surface area contributed by atoms with Crippen molar-refractivity contribution < 1.29 is 15.0 Å². The highest BCUT2D eigenvalue weighted by molar-refractivity contribution is 6.29. The lowest BCUT2D eigenvalue weighted by Gasteiger charge is -2.15. The first-order valence-electron chi connectivity index (χ1n) is 10.8. The molecule has 0 spiro atoms.